The van der Waals surface area contributed by atoms with Crippen LogP contribution in [0.25, 0.3) is 0 Å². The Kier molecular flexibility index (Phi) is 2.48. The maximum Gasteiger partial charge on any atom is 0.410 e. The van der Waals surface area contributed by atoms with Crippen LogP contribution in [-0.2, 0) is 4.74 Å². The van der Waals surface area contributed by atoms with Crippen LogP contribution in [0.2, 0.25) is 0 Å². The maximum absolute atomic E-state index is 12.4. The molecule has 0 aromatic carbocycles. The normalized spacial score (nSPS) is 25.6. The number of fused-ring (bicyclic) bond motifs is 1. The minimum Gasteiger partial charge on any atom is -0.447 e. The standard InChI is InChI=1S/C13H16N4O3/c18-12(11-5-10(14-15-11)8-1-2-8)16-3-4-17-9(6-16)7-20-13(17)19/h5,8-9H,1-4,6-7H2,(H,14,15)/t9-/m1/s1. The van der Waals surface area contributed by atoms with Crippen LogP contribution in [0, 0.1) is 0 Å². The smallest absolute Gasteiger partial charge is 0.410 e. The number of piperazine rings is 1. The van der Waals surface area contributed by atoms with Crippen LogP contribution in [0.4, 0.5) is 4.79 Å². The Bertz CT molecular complexity index is 566. The summed E-state index contributed by atoms with van der Waals surface area (Å²) in [5, 5.41) is 7.08. The summed E-state index contributed by atoms with van der Waals surface area (Å²) in [5.74, 6) is 0.494. The molecular formula is C13H16N4O3. The van der Waals surface area contributed by atoms with E-state index in [0.717, 1.165) is 5.69 Å². The lowest BCUT2D eigenvalue weighted by molar-refractivity contribution is 0.0611. The molecule has 3 heterocycles. The van der Waals surface area contributed by atoms with Crippen molar-refractivity contribution in [2.75, 3.05) is 26.2 Å². The van der Waals surface area contributed by atoms with Crippen LogP contribution < -0.4 is 0 Å². The number of nitrogens with zero attached hydrogens (tertiary/aromatic N) is 3. The predicted octanol–water partition coefficient (Wildman–Crippen LogP) is 0.564. The van der Waals surface area contributed by atoms with Crippen LogP contribution in [-0.4, -0.2) is 64.3 Å². The van der Waals surface area contributed by atoms with Crippen LogP contribution in [0.3, 0.4) is 0 Å². The average Bonchev–Trinajstić information content (AvgIpc) is 3.09. The summed E-state index contributed by atoms with van der Waals surface area (Å²) >= 11 is 0. The molecule has 1 atom stereocenters. The highest BCUT2D eigenvalue weighted by atomic mass is 16.6. The molecule has 1 saturated carbocycles. The third-order valence-electron chi connectivity index (χ3n) is 4.24. The first-order valence-electron chi connectivity index (χ1n) is 7.00. The van der Waals surface area contributed by atoms with Crippen LogP contribution >= 0.6 is 0 Å². The van der Waals surface area contributed by atoms with Crippen molar-refractivity contribution < 1.29 is 14.3 Å². The van der Waals surface area contributed by atoms with E-state index in [1.165, 1.54) is 12.8 Å². The lowest BCUT2D eigenvalue weighted by Gasteiger charge is -2.34. The number of hydrogen-bond donors (Lipinski definition) is 1. The molecule has 1 aromatic heterocycles. The second-order valence-electron chi connectivity index (χ2n) is 5.66. The molecule has 2 aliphatic heterocycles. The minimum absolute atomic E-state index is 0.0120. The Morgan fingerprint density at radius 3 is 3.05 bits per heavy atom. The van der Waals surface area contributed by atoms with E-state index in [-0.39, 0.29) is 18.0 Å². The lowest BCUT2D eigenvalue weighted by Crippen LogP contribution is -2.53. The monoisotopic (exact) mass is 276 g/mol. The highest BCUT2D eigenvalue weighted by molar-refractivity contribution is 5.92. The van der Waals surface area contributed by atoms with Gasteiger partial charge in [0.2, 0.25) is 0 Å². The molecule has 106 valence electrons. The van der Waals surface area contributed by atoms with Gasteiger partial charge in [-0.2, -0.15) is 5.10 Å². The van der Waals surface area contributed by atoms with Crippen LogP contribution in [0.5, 0.6) is 0 Å². The van der Waals surface area contributed by atoms with E-state index in [0.29, 0.717) is 37.9 Å². The summed E-state index contributed by atoms with van der Waals surface area (Å²) in [5.41, 5.74) is 1.54. The van der Waals surface area contributed by atoms with E-state index in [4.69, 9.17) is 4.74 Å². The molecule has 7 heteroatoms. The van der Waals surface area contributed by atoms with Gasteiger partial charge in [-0.15, -0.1) is 0 Å². The fourth-order valence-electron chi connectivity index (χ4n) is 2.88. The lowest BCUT2D eigenvalue weighted by atomic mass is 10.2. The zero-order chi connectivity index (χ0) is 13.7. The molecule has 3 fully saturated rings. The highest BCUT2D eigenvalue weighted by Gasteiger charge is 2.39. The van der Waals surface area contributed by atoms with Crippen molar-refractivity contribution in [3.63, 3.8) is 0 Å². The van der Waals surface area contributed by atoms with Gasteiger partial charge in [-0.05, 0) is 18.9 Å². The van der Waals surface area contributed by atoms with E-state index in [1.807, 2.05) is 6.07 Å². The fourth-order valence-corrected chi connectivity index (χ4v) is 2.88. The molecule has 2 saturated heterocycles. The maximum atomic E-state index is 12.4. The Labute approximate surface area is 115 Å². The zero-order valence-electron chi connectivity index (χ0n) is 11.0. The summed E-state index contributed by atoms with van der Waals surface area (Å²) in [4.78, 5) is 27.3. The van der Waals surface area contributed by atoms with Crippen molar-refractivity contribution in [2.45, 2.75) is 24.8 Å². The van der Waals surface area contributed by atoms with Gasteiger partial charge >= 0.3 is 6.09 Å². The first kappa shape index (κ1) is 11.7. The third kappa shape index (κ3) is 1.85. The number of aromatic amines is 1. The molecule has 3 aliphatic rings. The number of carbonyl (C=O) groups is 2. The molecule has 1 aromatic rings. The molecule has 0 unspecified atom stereocenters. The number of ether oxygens (including phenoxy) is 1. The molecule has 0 radical (unpaired) electrons. The Hall–Kier alpha value is -2.05. The Morgan fingerprint density at radius 2 is 2.25 bits per heavy atom. The van der Waals surface area contributed by atoms with Gasteiger partial charge in [0.15, 0.2) is 0 Å². The number of cyclic esters (lactones) is 1. The van der Waals surface area contributed by atoms with Gasteiger partial charge in [-0.25, -0.2) is 4.79 Å². The minimum atomic E-state index is -0.266. The second kappa shape index (κ2) is 4.22. The number of rotatable bonds is 2. The van der Waals surface area contributed by atoms with Gasteiger partial charge in [0.1, 0.15) is 12.3 Å². The number of aromatic nitrogens is 2. The van der Waals surface area contributed by atoms with Crippen molar-refractivity contribution >= 4 is 12.0 Å². The first-order valence-corrected chi connectivity index (χ1v) is 7.00. The molecule has 4 rings (SSSR count). The summed E-state index contributed by atoms with van der Waals surface area (Å²) < 4.78 is 5.00. The van der Waals surface area contributed by atoms with Crippen molar-refractivity contribution in [3.05, 3.63) is 17.5 Å². The molecule has 0 spiro atoms. The number of hydrogen-bond acceptors (Lipinski definition) is 4. The zero-order valence-corrected chi connectivity index (χ0v) is 11.0. The Morgan fingerprint density at radius 1 is 1.40 bits per heavy atom. The van der Waals surface area contributed by atoms with E-state index >= 15 is 0 Å². The molecule has 7 nitrogen and oxygen atoms in total. The molecular weight excluding hydrogens is 260 g/mol. The van der Waals surface area contributed by atoms with Crippen molar-refractivity contribution in [2.24, 2.45) is 0 Å². The molecule has 1 aliphatic carbocycles. The summed E-state index contributed by atoms with van der Waals surface area (Å²) in [6.07, 6.45) is 2.09. The predicted molar refractivity (Wildman–Crippen MR) is 68.3 cm³/mol. The SMILES string of the molecule is O=C(c1cc(C2CC2)[nH]n1)N1CCN2C(=O)OC[C@H]2C1. The Balaban J connectivity index is 1.47. The van der Waals surface area contributed by atoms with E-state index in [1.54, 1.807) is 9.80 Å². The summed E-state index contributed by atoms with van der Waals surface area (Å²) in [7, 11) is 0. The van der Waals surface area contributed by atoms with E-state index in [9.17, 15) is 9.59 Å². The number of amides is 2. The second-order valence-corrected chi connectivity index (χ2v) is 5.66. The van der Waals surface area contributed by atoms with Crippen LogP contribution in [0.1, 0.15) is 34.9 Å². The quantitative estimate of drug-likeness (QED) is 0.856. The summed E-state index contributed by atoms with van der Waals surface area (Å²) in [6.45, 7) is 1.97. The van der Waals surface area contributed by atoms with Gasteiger partial charge in [0.25, 0.3) is 5.91 Å². The number of H-pyrrole nitrogens is 1. The van der Waals surface area contributed by atoms with Crippen molar-refractivity contribution in [3.8, 4) is 0 Å². The van der Waals surface area contributed by atoms with Crippen LogP contribution in [0.15, 0.2) is 6.07 Å². The largest absolute Gasteiger partial charge is 0.447 e. The van der Waals surface area contributed by atoms with Gasteiger partial charge in [-0.1, -0.05) is 0 Å². The highest BCUT2D eigenvalue weighted by Crippen LogP contribution is 2.39. The van der Waals surface area contributed by atoms with Gasteiger partial charge in [0, 0.05) is 31.2 Å². The number of nitrogens with one attached hydrogen (secondary N) is 1. The fraction of sp³-hybridized carbons (Fsp3) is 0.615. The van der Waals surface area contributed by atoms with E-state index in [2.05, 4.69) is 10.2 Å². The number of carbonyl (C=O) groups excluding carboxylic acids is 2. The van der Waals surface area contributed by atoms with Gasteiger partial charge in [0.05, 0.1) is 6.04 Å². The summed E-state index contributed by atoms with van der Waals surface area (Å²) in [6, 6.07) is 1.85. The van der Waals surface area contributed by atoms with Crippen molar-refractivity contribution in [1.29, 1.82) is 0 Å². The average molecular weight is 276 g/mol. The van der Waals surface area contributed by atoms with E-state index < -0.39 is 0 Å². The topological polar surface area (TPSA) is 78.5 Å². The molecule has 0 bridgehead atoms. The molecule has 1 N–H and O–H groups in total. The first-order chi connectivity index (χ1) is 9.72. The molecule has 2 amide bonds. The molecule has 20 heavy (non-hydrogen) atoms. The van der Waals surface area contributed by atoms with Crippen molar-refractivity contribution in [1.82, 2.24) is 20.0 Å². The third-order valence-corrected chi connectivity index (χ3v) is 4.24. The van der Waals surface area contributed by atoms with Gasteiger partial charge < -0.3 is 9.64 Å². The van der Waals surface area contributed by atoms with Gasteiger partial charge in [-0.3, -0.25) is 14.8 Å².